The molecule has 3 heteroatoms. The zero-order valence-electron chi connectivity index (χ0n) is 12.0. The van der Waals surface area contributed by atoms with E-state index in [1.807, 2.05) is 26.0 Å². The van der Waals surface area contributed by atoms with Gasteiger partial charge in [-0.15, -0.1) is 0 Å². The van der Waals surface area contributed by atoms with Crippen LogP contribution in [0.2, 0.25) is 0 Å². The largest absolute Gasteiger partial charge is 0.493 e. The number of methoxy groups -OCH3 is 1. The molecule has 0 atom stereocenters. The fourth-order valence-corrected chi connectivity index (χ4v) is 1.76. The molecular weight excluding hydrogens is 226 g/mol. The Hall–Kier alpha value is -1.22. The van der Waals surface area contributed by atoms with Crippen LogP contribution in [0.5, 0.6) is 11.5 Å². The lowest BCUT2D eigenvalue weighted by Crippen LogP contribution is -2.16. The van der Waals surface area contributed by atoms with Crippen molar-refractivity contribution >= 4 is 0 Å². The molecule has 0 aliphatic heterocycles. The van der Waals surface area contributed by atoms with Crippen LogP contribution in [0.4, 0.5) is 0 Å². The van der Waals surface area contributed by atoms with Gasteiger partial charge in [-0.2, -0.15) is 0 Å². The molecule has 1 N–H and O–H groups in total. The fourth-order valence-electron chi connectivity index (χ4n) is 1.76. The van der Waals surface area contributed by atoms with E-state index in [-0.39, 0.29) is 6.10 Å². The Morgan fingerprint density at radius 2 is 2.06 bits per heavy atom. The van der Waals surface area contributed by atoms with Gasteiger partial charge in [0.2, 0.25) is 0 Å². The van der Waals surface area contributed by atoms with Crippen molar-refractivity contribution in [3.63, 3.8) is 0 Å². The van der Waals surface area contributed by atoms with E-state index in [1.165, 1.54) is 12.8 Å². The Bertz CT molecular complexity index is 350. The Kier molecular flexibility index (Phi) is 6.58. The summed E-state index contributed by atoms with van der Waals surface area (Å²) in [6, 6.07) is 6.02. The molecule has 0 aliphatic carbocycles. The molecule has 0 aromatic heterocycles. The first-order valence-electron chi connectivity index (χ1n) is 6.72. The lowest BCUT2D eigenvalue weighted by Gasteiger charge is -2.17. The minimum absolute atomic E-state index is 0.149. The molecule has 0 unspecified atom stereocenters. The van der Waals surface area contributed by atoms with Crippen molar-refractivity contribution in [2.45, 2.75) is 46.3 Å². The van der Waals surface area contributed by atoms with Crippen LogP contribution in [0.25, 0.3) is 0 Å². The molecule has 0 fully saturated rings. The quantitative estimate of drug-likeness (QED) is 0.719. The third-order valence-electron chi connectivity index (χ3n) is 2.66. The predicted molar refractivity (Wildman–Crippen MR) is 75.4 cm³/mol. The van der Waals surface area contributed by atoms with E-state index in [9.17, 15) is 0 Å². The van der Waals surface area contributed by atoms with Gasteiger partial charge in [0, 0.05) is 12.1 Å². The summed E-state index contributed by atoms with van der Waals surface area (Å²) >= 11 is 0. The van der Waals surface area contributed by atoms with Crippen LogP contribution < -0.4 is 14.8 Å². The summed E-state index contributed by atoms with van der Waals surface area (Å²) in [6.07, 6.45) is 2.56. The monoisotopic (exact) mass is 251 g/mol. The van der Waals surface area contributed by atoms with Crippen molar-refractivity contribution in [1.29, 1.82) is 0 Å². The lowest BCUT2D eigenvalue weighted by molar-refractivity contribution is 0.227. The number of rotatable bonds is 8. The molecule has 102 valence electrons. The number of nitrogens with one attached hydrogen (secondary N) is 1. The van der Waals surface area contributed by atoms with E-state index in [2.05, 4.69) is 18.3 Å². The van der Waals surface area contributed by atoms with Crippen LogP contribution in [0.15, 0.2) is 18.2 Å². The zero-order valence-corrected chi connectivity index (χ0v) is 12.0. The average molecular weight is 251 g/mol. The molecule has 0 aliphatic rings. The van der Waals surface area contributed by atoms with Gasteiger partial charge in [0.25, 0.3) is 0 Å². The SMILES string of the molecule is CCCCNCc1cccc(OC)c1OC(C)C. The van der Waals surface area contributed by atoms with Crippen molar-refractivity contribution < 1.29 is 9.47 Å². The number of hydrogen-bond donors (Lipinski definition) is 1. The van der Waals surface area contributed by atoms with E-state index in [0.717, 1.165) is 30.2 Å². The first kappa shape index (κ1) is 14.8. The topological polar surface area (TPSA) is 30.5 Å². The number of hydrogen-bond acceptors (Lipinski definition) is 3. The molecule has 0 spiro atoms. The second-order valence-electron chi connectivity index (χ2n) is 4.65. The van der Waals surface area contributed by atoms with Crippen molar-refractivity contribution in [3.05, 3.63) is 23.8 Å². The number of benzene rings is 1. The maximum absolute atomic E-state index is 5.86. The van der Waals surface area contributed by atoms with E-state index < -0.39 is 0 Å². The minimum Gasteiger partial charge on any atom is -0.493 e. The van der Waals surface area contributed by atoms with Gasteiger partial charge in [0.15, 0.2) is 11.5 Å². The third kappa shape index (κ3) is 4.57. The Morgan fingerprint density at radius 3 is 2.67 bits per heavy atom. The lowest BCUT2D eigenvalue weighted by atomic mass is 10.1. The van der Waals surface area contributed by atoms with E-state index in [1.54, 1.807) is 7.11 Å². The van der Waals surface area contributed by atoms with Gasteiger partial charge in [-0.1, -0.05) is 25.5 Å². The predicted octanol–water partition coefficient (Wildman–Crippen LogP) is 3.37. The Labute approximate surface area is 110 Å². The van der Waals surface area contributed by atoms with Crippen molar-refractivity contribution in [2.75, 3.05) is 13.7 Å². The summed E-state index contributed by atoms with van der Waals surface area (Å²) in [4.78, 5) is 0. The molecule has 0 radical (unpaired) electrons. The van der Waals surface area contributed by atoms with Crippen LogP contribution in [-0.2, 0) is 6.54 Å². The van der Waals surface area contributed by atoms with Gasteiger partial charge >= 0.3 is 0 Å². The normalized spacial score (nSPS) is 10.7. The van der Waals surface area contributed by atoms with Gasteiger partial charge in [0.05, 0.1) is 13.2 Å². The first-order chi connectivity index (χ1) is 8.69. The molecule has 1 aromatic rings. The maximum atomic E-state index is 5.86. The molecule has 0 amide bonds. The van der Waals surface area contributed by atoms with Crippen LogP contribution >= 0.6 is 0 Å². The summed E-state index contributed by atoms with van der Waals surface area (Å²) in [7, 11) is 1.68. The van der Waals surface area contributed by atoms with Gasteiger partial charge in [-0.05, 0) is 32.9 Å². The molecule has 18 heavy (non-hydrogen) atoms. The van der Waals surface area contributed by atoms with E-state index in [0.29, 0.717) is 0 Å². The van der Waals surface area contributed by atoms with E-state index >= 15 is 0 Å². The van der Waals surface area contributed by atoms with E-state index in [4.69, 9.17) is 9.47 Å². The highest BCUT2D eigenvalue weighted by Gasteiger charge is 2.11. The molecular formula is C15H25NO2. The highest BCUT2D eigenvalue weighted by Crippen LogP contribution is 2.31. The molecule has 0 saturated heterocycles. The highest BCUT2D eigenvalue weighted by atomic mass is 16.5. The Morgan fingerprint density at radius 1 is 1.28 bits per heavy atom. The van der Waals surface area contributed by atoms with Gasteiger partial charge < -0.3 is 14.8 Å². The summed E-state index contributed by atoms with van der Waals surface area (Å²) in [5.74, 6) is 1.66. The van der Waals surface area contributed by atoms with Gasteiger partial charge in [0.1, 0.15) is 0 Å². The van der Waals surface area contributed by atoms with Crippen LogP contribution in [0, 0.1) is 0 Å². The first-order valence-corrected chi connectivity index (χ1v) is 6.72. The molecule has 0 heterocycles. The second kappa shape index (κ2) is 7.98. The third-order valence-corrected chi connectivity index (χ3v) is 2.66. The Balaban J connectivity index is 2.75. The average Bonchev–Trinajstić information content (AvgIpc) is 2.35. The summed E-state index contributed by atoms with van der Waals surface area (Å²) in [5, 5.41) is 3.43. The zero-order chi connectivity index (χ0) is 13.4. The van der Waals surface area contributed by atoms with Crippen molar-refractivity contribution in [3.8, 4) is 11.5 Å². The maximum Gasteiger partial charge on any atom is 0.166 e. The number of unbranched alkanes of at least 4 members (excludes halogenated alkanes) is 1. The number of para-hydroxylation sites is 1. The minimum atomic E-state index is 0.149. The van der Waals surface area contributed by atoms with Crippen molar-refractivity contribution in [2.24, 2.45) is 0 Å². The molecule has 1 rings (SSSR count). The highest BCUT2D eigenvalue weighted by molar-refractivity contribution is 5.46. The van der Waals surface area contributed by atoms with Gasteiger partial charge in [-0.3, -0.25) is 0 Å². The van der Waals surface area contributed by atoms with Gasteiger partial charge in [-0.25, -0.2) is 0 Å². The van der Waals surface area contributed by atoms with Crippen LogP contribution in [-0.4, -0.2) is 19.8 Å². The second-order valence-corrected chi connectivity index (χ2v) is 4.65. The molecule has 0 bridgehead atoms. The molecule has 1 aromatic carbocycles. The molecule has 3 nitrogen and oxygen atoms in total. The fraction of sp³-hybridized carbons (Fsp3) is 0.600. The summed E-state index contributed by atoms with van der Waals surface area (Å²) in [5.41, 5.74) is 1.15. The standard InChI is InChI=1S/C15H25NO2/c1-5-6-10-16-11-13-8-7-9-14(17-4)15(13)18-12(2)3/h7-9,12,16H,5-6,10-11H2,1-4H3. The van der Waals surface area contributed by atoms with Crippen LogP contribution in [0.1, 0.15) is 39.2 Å². The van der Waals surface area contributed by atoms with Crippen LogP contribution in [0.3, 0.4) is 0 Å². The number of ether oxygens (including phenoxy) is 2. The summed E-state index contributed by atoms with van der Waals surface area (Å²) in [6.45, 7) is 8.11. The summed E-state index contributed by atoms with van der Waals surface area (Å²) < 4.78 is 11.2. The smallest absolute Gasteiger partial charge is 0.166 e. The molecule has 0 saturated carbocycles. The van der Waals surface area contributed by atoms with Crippen molar-refractivity contribution in [1.82, 2.24) is 5.32 Å².